The quantitative estimate of drug-likeness (QED) is 0.775. The molecule has 136 valence electrons. The van der Waals surface area contributed by atoms with Gasteiger partial charge in [0, 0.05) is 18.5 Å². The third kappa shape index (κ3) is 4.71. The summed E-state index contributed by atoms with van der Waals surface area (Å²) in [6.45, 7) is 4.33. The summed E-state index contributed by atoms with van der Waals surface area (Å²) >= 11 is 0. The summed E-state index contributed by atoms with van der Waals surface area (Å²) in [4.78, 5) is 37.7. The van der Waals surface area contributed by atoms with Crippen molar-refractivity contribution in [3.05, 3.63) is 24.3 Å². The normalized spacial score (nSPS) is 16.3. The molecule has 0 saturated carbocycles. The molecule has 1 aromatic carbocycles. The van der Waals surface area contributed by atoms with Crippen molar-refractivity contribution in [2.75, 3.05) is 23.9 Å². The molecule has 7 nitrogen and oxygen atoms in total. The van der Waals surface area contributed by atoms with Crippen LogP contribution in [0.25, 0.3) is 0 Å². The van der Waals surface area contributed by atoms with Crippen LogP contribution in [-0.2, 0) is 14.3 Å². The Morgan fingerprint density at radius 3 is 2.64 bits per heavy atom. The standard InChI is InChI=1S/C18H25N3O4/c1-4-18(2,12-16(23)25-3)20-17(24)19-13-8-5-6-9-14(13)21-11-7-10-15(21)22/h5-6,8-9H,4,7,10-12H2,1-3H3,(H2,19,20,24). The van der Waals surface area contributed by atoms with Crippen LogP contribution in [-0.4, -0.2) is 37.1 Å². The van der Waals surface area contributed by atoms with Gasteiger partial charge in [-0.15, -0.1) is 0 Å². The van der Waals surface area contributed by atoms with Gasteiger partial charge in [0.1, 0.15) is 0 Å². The first-order valence-corrected chi connectivity index (χ1v) is 8.44. The van der Waals surface area contributed by atoms with E-state index in [9.17, 15) is 14.4 Å². The number of methoxy groups -OCH3 is 1. The SMILES string of the molecule is CCC(C)(CC(=O)OC)NC(=O)Nc1ccccc1N1CCCC1=O. The number of nitrogens with one attached hydrogen (secondary N) is 2. The number of carbonyl (C=O) groups is 3. The van der Waals surface area contributed by atoms with Gasteiger partial charge in [0.2, 0.25) is 5.91 Å². The number of rotatable bonds is 6. The molecule has 1 heterocycles. The molecule has 0 spiro atoms. The lowest BCUT2D eigenvalue weighted by molar-refractivity contribution is -0.142. The number of nitrogens with zero attached hydrogens (tertiary/aromatic N) is 1. The highest BCUT2D eigenvalue weighted by Crippen LogP contribution is 2.29. The number of amides is 3. The molecule has 0 aromatic heterocycles. The first-order chi connectivity index (χ1) is 11.9. The largest absolute Gasteiger partial charge is 0.469 e. The molecule has 3 amide bonds. The van der Waals surface area contributed by atoms with Crippen molar-refractivity contribution in [3.8, 4) is 0 Å². The summed E-state index contributed by atoms with van der Waals surface area (Å²) in [5, 5.41) is 5.62. The number of esters is 1. The summed E-state index contributed by atoms with van der Waals surface area (Å²) < 4.78 is 4.69. The second-order valence-corrected chi connectivity index (χ2v) is 6.41. The van der Waals surface area contributed by atoms with Crippen molar-refractivity contribution in [1.29, 1.82) is 0 Å². The van der Waals surface area contributed by atoms with E-state index in [2.05, 4.69) is 10.6 Å². The summed E-state index contributed by atoms with van der Waals surface area (Å²) in [7, 11) is 1.32. The number of ether oxygens (including phenoxy) is 1. The van der Waals surface area contributed by atoms with E-state index in [4.69, 9.17) is 4.74 Å². The van der Waals surface area contributed by atoms with Gasteiger partial charge in [-0.2, -0.15) is 0 Å². The topological polar surface area (TPSA) is 87.7 Å². The van der Waals surface area contributed by atoms with Crippen molar-refractivity contribution >= 4 is 29.3 Å². The van der Waals surface area contributed by atoms with Crippen molar-refractivity contribution < 1.29 is 19.1 Å². The maximum absolute atomic E-state index is 12.4. The molecule has 0 radical (unpaired) electrons. The number of hydrogen-bond acceptors (Lipinski definition) is 4. The fourth-order valence-corrected chi connectivity index (χ4v) is 2.79. The summed E-state index contributed by atoms with van der Waals surface area (Å²) in [6, 6.07) is 6.77. The van der Waals surface area contributed by atoms with Crippen molar-refractivity contribution in [3.63, 3.8) is 0 Å². The molecule has 1 aliphatic heterocycles. The van der Waals surface area contributed by atoms with E-state index in [1.807, 2.05) is 19.1 Å². The highest BCUT2D eigenvalue weighted by Gasteiger charge is 2.29. The number of para-hydroxylation sites is 2. The van der Waals surface area contributed by atoms with Crippen LogP contribution in [0.4, 0.5) is 16.2 Å². The van der Waals surface area contributed by atoms with E-state index in [0.29, 0.717) is 30.8 Å². The zero-order valence-electron chi connectivity index (χ0n) is 14.9. The molecule has 2 N–H and O–H groups in total. The van der Waals surface area contributed by atoms with Crippen molar-refractivity contribution in [2.45, 2.75) is 45.1 Å². The van der Waals surface area contributed by atoms with Crippen molar-refractivity contribution in [2.24, 2.45) is 0 Å². The fraction of sp³-hybridized carbons (Fsp3) is 0.500. The van der Waals surface area contributed by atoms with Crippen LogP contribution in [0.3, 0.4) is 0 Å². The zero-order valence-corrected chi connectivity index (χ0v) is 14.9. The van der Waals surface area contributed by atoms with Crippen LogP contribution in [0.2, 0.25) is 0 Å². The highest BCUT2D eigenvalue weighted by molar-refractivity contribution is 6.01. The molecule has 1 unspecified atom stereocenters. The molecule has 1 fully saturated rings. The smallest absolute Gasteiger partial charge is 0.319 e. The van der Waals surface area contributed by atoms with Gasteiger partial charge in [-0.05, 0) is 31.9 Å². The van der Waals surface area contributed by atoms with Gasteiger partial charge in [0.05, 0.1) is 24.9 Å². The van der Waals surface area contributed by atoms with Gasteiger partial charge < -0.3 is 20.3 Å². The molecule has 7 heteroatoms. The summed E-state index contributed by atoms with van der Waals surface area (Å²) in [5.41, 5.74) is 0.536. The predicted octanol–water partition coefficient (Wildman–Crippen LogP) is 2.67. The van der Waals surface area contributed by atoms with Gasteiger partial charge in [-0.1, -0.05) is 19.1 Å². The van der Waals surface area contributed by atoms with Crippen LogP contribution < -0.4 is 15.5 Å². The molecule has 1 aromatic rings. The van der Waals surface area contributed by atoms with Crippen LogP contribution >= 0.6 is 0 Å². The number of hydrogen-bond donors (Lipinski definition) is 2. The highest BCUT2D eigenvalue weighted by atomic mass is 16.5. The minimum Gasteiger partial charge on any atom is -0.469 e. The first-order valence-electron chi connectivity index (χ1n) is 8.44. The fourth-order valence-electron chi connectivity index (χ4n) is 2.79. The molecular formula is C18H25N3O4. The lowest BCUT2D eigenvalue weighted by Gasteiger charge is -2.29. The molecular weight excluding hydrogens is 322 g/mol. The molecule has 1 atom stereocenters. The summed E-state index contributed by atoms with van der Waals surface area (Å²) in [5.74, 6) is -0.327. The number of carbonyl (C=O) groups excluding carboxylic acids is 3. The van der Waals surface area contributed by atoms with Gasteiger partial charge in [-0.3, -0.25) is 9.59 Å². The van der Waals surface area contributed by atoms with Crippen LogP contribution in [0.1, 0.15) is 39.5 Å². The van der Waals surface area contributed by atoms with E-state index >= 15 is 0 Å². The predicted molar refractivity (Wildman–Crippen MR) is 95.5 cm³/mol. The molecule has 0 bridgehead atoms. The maximum atomic E-state index is 12.4. The second-order valence-electron chi connectivity index (χ2n) is 6.41. The van der Waals surface area contributed by atoms with Gasteiger partial charge in [0.15, 0.2) is 0 Å². The van der Waals surface area contributed by atoms with Crippen LogP contribution in [0.15, 0.2) is 24.3 Å². The van der Waals surface area contributed by atoms with Crippen molar-refractivity contribution in [1.82, 2.24) is 5.32 Å². The lowest BCUT2D eigenvalue weighted by atomic mass is 9.95. The minimum absolute atomic E-state index is 0.0544. The number of urea groups is 1. The van der Waals surface area contributed by atoms with E-state index in [1.165, 1.54) is 7.11 Å². The Balaban J connectivity index is 2.10. The maximum Gasteiger partial charge on any atom is 0.319 e. The Labute approximate surface area is 147 Å². The summed E-state index contributed by atoms with van der Waals surface area (Å²) in [6.07, 6.45) is 1.99. The van der Waals surface area contributed by atoms with Gasteiger partial charge >= 0.3 is 12.0 Å². The minimum atomic E-state index is -0.713. The molecule has 2 rings (SSSR count). The number of anilines is 2. The van der Waals surface area contributed by atoms with Crippen LogP contribution in [0.5, 0.6) is 0 Å². The third-order valence-electron chi connectivity index (χ3n) is 4.47. The Morgan fingerprint density at radius 1 is 1.32 bits per heavy atom. The van der Waals surface area contributed by atoms with E-state index in [0.717, 1.165) is 6.42 Å². The van der Waals surface area contributed by atoms with E-state index in [-0.39, 0.29) is 18.3 Å². The zero-order chi connectivity index (χ0) is 18.4. The Kier molecular flexibility index (Phi) is 6.01. The Morgan fingerprint density at radius 2 is 2.04 bits per heavy atom. The van der Waals surface area contributed by atoms with Gasteiger partial charge in [0.25, 0.3) is 0 Å². The van der Waals surface area contributed by atoms with E-state index in [1.54, 1.807) is 24.0 Å². The molecule has 1 aliphatic rings. The van der Waals surface area contributed by atoms with Crippen LogP contribution in [0, 0.1) is 0 Å². The third-order valence-corrected chi connectivity index (χ3v) is 4.47. The average molecular weight is 347 g/mol. The Bertz CT molecular complexity index is 661. The van der Waals surface area contributed by atoms with E-state index < -0.39 is 11.6 Å². The molecule has 1 saturated heterocycles. The number of benzene rings is 1. The second kappa shape index (κ2) is 8.00. The monoisotopic (exact) mass is 347 g/mol. The van der Waals surface area contributed by atoms with Gasteiger partial charge in [-0.25, -0.2) is 4.79 Å². The Hall–Kier alpha value is -2.57. The first kappa shape index (κ1) is 18.8. The lowest BCUT2D eigenvalue weighted by Crippen LogP contribution is -2.49. The average Bonchev–Trinajstić information content (AvgIpc) is 3.00. The molecule has 0 aliphatic carbocycles. The molecule has 25 heavy (non-hydrogen) atoms.